The molecule has 1 atom stereocenters. The Morgan fingerprint density at radius 2 is 2.00 bits per heavy atom. The van der Waals surface area contributed by atoms with Crippen molar-refractivity contribution in [2.24, 2.45) is 5.92 Å². The van der Waals surface area contributed by atoms with Crippen LogP contribution in [0.15, 0.2) is 18.5 Å². The van der Waals surface area contributed by atoms with Gasteiger partial charge in [0.15, 0.2) is 0 Å². The first-order valence-corrected chi connectivity index (χ1v) is 7.76. The predicted octanol–water partition coefficient (Wildman–Crippen LogP) is 3.16. The summed E-state index contributed by atoms with van der Waals surface area (Å²) in [5.74, 6) is 0.857. The number of hydrogen-bond donors (Lipinski definition) is 1. The number of likely N-dealkylation sites (N-methyl/N-ethyl adjacent to an activating group) is 2. The van der Waals surface area contributed by atoms with Crippen LogP contribution in [0.3, 0.4) is 0 Å². The second-order valence-corrected chi connectivity index (χ2v) is 6.63. The van der Waals surface area contributed by atoms with Crippen LogP contribution in [0.4, 0.5) is 0 Å². The van der Waals surface area contributed by atoms with Gasteiger partial charge in [-0.15, -0.1) is 0 Å². The Hall–Kier alpha value is -0.930. The van der Waals surface area contributed by atoms with Crippen LogP contribution in [-0.4, -0.2) is 36.6 Å². The van der Waals surface area contributed by atoms with Crippen LogP contribution in [-0.2, 0) is 0 Å². The van der Waals surface area contributed by atoms with Gasteiger partial charge in [0.2, 0.25) is 0 Å². The number of rotatable bonds is 4. The van der Waals surface area contributed by atoms with E-state index in [1.165, 1.54) is 36.8 Å². The molecule has 1 aromatic rings. The van der Waals surface area contributed by atoms with Crippen LogP contribution in [0, 0.1) is 12.8 Å². The monoisotopic (exact) mass is 275 g/mol. The molecule has 1 aliphatic rings. The molecule has 3 heteroatoms. The second kappa shape index (κ2) is 6.23. The van der Waals surface area contributed by atoms with Gasteiger partial charge in [-0.25, -0.2) is 0 Å². The van der Waals surface area contributed by atoms with E-state index in [1.807, 2.05) is 12.4 Å². The van der Waals surface area contributed by atoms with Gasteiger partial charge < -0.3 is 10.2 Å². The lowest BCUT2D eigenvalue weighted by Crippen LogP contribution is -2.55. The maximum absolute atomic E-state index is 4.36. The van der Waals surface area contributed by atoms with Gasteiger partial charge in [0, 0.05) is 17.9 Å². The normalized spacial score (nSPS) is 28.6. The third kappa shape index (κ3) is 2.75. The lowest BCUT2D eigenvalue weighted by molar-refractivity contribution is 0.0452. The van der Waals surface area contributed by atoms with Crippen molar-refractivity contribution in [1.29, 1.82) is 0 Å². The molecule has 0 radical (unpaired) electrons. The smallest absolute Gasteiger partial charge is 0.0522 e. The van der Waals surface area contributed by atoms with Crippen LogP contribution in [0.25, 0.3) is 0 Å². The Balaban J connectivity index is 2.38. The molecule has 0 aliphatic heterocycles. The Morgan fingerprint density at radius 1 is 1.35 bits per heavy atom. The Bertz CT molecular complexity index is 434. The molecule has 1 unspecified atom stereocenters. The van der Waals surface area contributed by atoms with E-state index in [0.717, 1.165) is 5.92 Å². The summed E-state index contributed by atoms with van der Waals surface area (Å²) < 4.78 is 0. The fourth-order valence-electron chi connectivity index (χ4n) is 3.75. The molecule has 1 heterocycles. The predicted molar refractivity (Wildman–Crippen MR) is 84.8 cm³/mol. The van der Waals surface area contributed by atoms with Gasteiger partial charge in [-0.2, -0.15) is 0 Å². The molecule has 0 saturated heterocycles. The second-order valence-electron chi connectivity index (χ2n) is 6.63. The summed E-state index contributed by atoms with van der Waals surface area (Å²) in [6.07, 6.45) is 9.06. The van der Waals surface area contributed by atoms with Crippen LogP contribution in [0.5, 0.6) is 0 Å². The van der Waals surface area contributed by atoms with Gasteiger partial charge in [-0.05, 0) is 76.9 Å². The van der Waals surface area contributed by atoms with Crippen molar-refractivity contribution in [3.63, 3.8) is 0 Å². The largest absolute Gasteiger partial charge is 0.311 e. The Labute approximate surface area is 123 Å². The number of aryl methyl sites for hydroxylation is 1. The van der Waals surface area contributed by atoms with Gasteiger partial charge in [0.05, 0.1) is 6.04 Å². The zero-order valence-electron chi connectivity index (χ0n) is 13.6. The highest BCUT2D eigenvalue weighted by atomic mass is 15.2. The van der Waals surface area contributed by atoms with E-state index in [0.29, 0.717) is 6.04 Å². The standard InChI is InChI=1S/C17H29N3/c1-13-6-9-17(10-7-13,20(4)5)16(18-3)15-12-19-11-8-14(15)2/h8,11-13,16,18H,6-7,9-10H2,1-5H3. The molecule has 1 saturated carbocycles. The first kappa shape index (κ1) is 15.5. The third-order valence-corrected chi connectivity index (χ3v) is 5.25. The zero-order valence-corrected chi connectivity index (χ0v) is 13.6. The minimum Gasteiger partial charge on any atom is -0.311 e. The topological polar surface area (TPSA) is 28.2 Å². The molecule has 0 aromatic carbocycles. The van der Waals surface area contributed by atoms with Gasteiger partial charge in [0.1, 0.15) is 0 Å². The van der Waals surface area contributed by atoms with Crippen molar-refractivity contribution in [3.05, 3.63) is 29.6 Å². The van der Waals surface area contributed by atoms with Gasteiger partial charge >= 0.3 is 0 Å². The lowest BCUT2D eigenvalue weighted by atomic mass is 9.70. The first-order valence-electron chi connectivity index (χ1n) is 7.76. The van der Waals surface area contributed by atoms with Gasteiger partial charge in [-0.3, -0.25) is 4.98 Å². The van der Waals surface area contributed by atoms with Gasteiger partial charge in [-0.1, -0.05) is 6.92 Å². The fourth-order valence-corrected chi connectivity index (χ4v) is 3.75. The SMILES string of the molecule is CNC(c1cnccc1C)C1(N(C)C)CCC(C)CC1. The quantitative estimate of drug-likeness (QED) is 0.915. The number of nitrogens with one attached hydrogen (secondary N) is 1. The highest BCUT2D eigenvalue weighted by Crippen LogP contribution is 2.43. The van der Waals surface area contributed by atoms with E-state index in [-0.39, 0.29) is 5.54 Å². The minimum atomic E-state index is 0.203. The summed E-state index contributed by atoms with van der Waals surface area (Å²) in [5, 5.41) is 3.58. The maximum Gasteiger partial charge on any atom is 0.0522 e. The van der Waals surface area contributed by atoms with Crippen molar-refractivity contribution in [3.8, 4) is 0 Å². The van der Waals surface area contributed by atoms with Crippen LogP contribution >= 0.6 is 0 Å². The summed E-state index contributed by atoms with van der Waals surface area (Å²) in [6.45, 7) is 4.57. The zero-order chi connectivity index (χ0) is 14.8. The van der Waals surface area contributed by atoms with Crippen molar-refractivity contribution in [2.45, 2.75) is 51.1 Å². The molecule has 1 aromatic heterocycles. The van der Waals surface area contributed by atoms with Crippen LogP contribution < -0.4 is 5.32 Å². The summed E-state index contributed by atoms with van der Waals surface area (Å²) in [4.78, 5) is 6.79. The molecule has 0 amide bonds. The van der Waals surface area contributed by atoms with E-state index in [1.54, 1.807) is 0 Å². The van der Waals surface area contributed by atoms with Crippen molar-refractivity contribution in [1.82, 2.24) is 15.2 Å². The number of aromatic nitrogens is 1. The molecule has 3 nitrogen and oxygen atoms in total. The number of hydrogen-bond acceptors (Lipinski definition) is 3. The van der Waals surface area contributed by atoms with Crippen LogP contribution in [0.1, 0.15) is 49.8 Å². The van der Waals surface area contributed by atoms with E-state index < -0.39 is 0 Å². The average Bonchev–Trinajstić information content (AvgIpc) is 2.43. The highest BCUT2D eigenvalue weighted by molar-refractivity contribution is 5.29. The number of nitrogens with zero attached hydrogens (tertiary/aromatic N) is 2. The van der Waals surface area contributed by atoms with E-state index in [4.69, 9.17) is 0 Å². The fraction of sp³-hybridized carbons (Fsp3) is 0.706. The number of pyridine rings is 1. The lowest BCUT2D eigenvalue weighted by Gasteiger charge is -2.50. The van der Waals surface area contributed by atoms with Gasteiger partial charge in [0.25, 0.3) is 0 Å². The van der Waals surface area contributed by atoms with E-state index in [2.05, 4.69) is 56.3 Å². The molecular formula is C17H29N3. The summed E-state index contributed by atoms with van der Waals surface area (Å²) in [6, 6.07) is 2.47. The first-order chi connectivity index (χ1) is 9.51. The molecule has 1 fully saturated rings. The molecule has 1 aliphatic carbocycles. The van der Waals surface area contributed by atoms with Crippen molar-refractivity contribution < 1.29 is 0 Å². The average molecular weight is 275 g/mol. The van der Waals surface area contributed by atoms with Crippen molar-refractivity contribution in [2.75, 3.05) is 21.1 Å². The van der Waals surface area contributed by atoms with E-state index in [9.17, 15) is 0 Å². The third-order valence-electron chi connectivity index (χ3n) is 5.25. The summed E-state index contributed by atoms with van der Waals surface area (Å²) in [7, 11) is 6.54. The van der Waals surface area contributed by atoms with E-state index >= 15 is 0 Å². The molecule has 20 heavy (non-hydrogen) atoms. The van der Waals surface area contributed by atoms with Crippen LogP contribution in [0.2, 0.25) is 0 Å². The molecular weight excluding hydrogens is 246 g/mol. The minimum absolute atomic E-state index is 0.203. The summed E-state index contributed by atoms with van der Waals surface area (Å²) in [5.41, 5.74) is 2.88. The maximum atomic E-state index is 4.36. The Morgan fingerprint density at radius 3 is 2.50 bits per heavy atom. The molecule has 0 spiro atoms. The molecule has 1 N–H and O–H groups in total. The molecule has 112 valence electrons. The summed E-state index contributed by atoms with van der Waals surface area (Å²) >= 11 is 0. The Kier molecular flexibility index (Phi) is 4.82. The van der Waals surface area contributed by atoms with Crippen molar-refractivity contribution >= 4 is 0 Å². The molecule has 2 rings (SSSR count). The highest BCUT2D eigenvalue weighted by Gasteiger charge is 2.43. The molecule has 0 bridgehead atoms.